The summed E-state index contributed by atoms with van der Waals surface area (Å²) >= 11 is 9.25. The monoisotopic (exact) mass is 511 g/mol. The lowest BCUT2D eigenvalue weighted by atomic mass is 10.2. The molecular weight excluding hydrogens is 497 g/mol. The number of nitrogens with zero attached hydrogens (tertiary/aromatic N) is 3. The first-order chi connectivity index (χ1) is 13.0. The number of thioether (sulfide) groups is 1. The number of carboxylic acids is 1. The Morgan fingerprint density at radius 3 is 2.44 bits per heavy atom. The highest BCUT2D eigenvalue weighted by molar-refractivity contribution is 14.1. The Bertz CT molecular complexity index is 985. The molecule has 1 heterocycles. The van der Waals surface area contributed by atoms with Gasteiger partial charge < -0.3 is 9.67 Å². The number of aromatic nitrogens is 3. The molecule has 1 aromatic heterocycles. The second kappa shape index (κ2) is 8.90. The normalized spacial score (nSPS) is 11.6. The van der Waals surface area contributed by atoms with Gasteiger partial charge in [0, 0.05) is 20.7 Å². The van der Waals surface area contributed by atoms with E-state index in [4.69, 9.17) is 11.6 Å². The van der Waals surface area contributed by atoms with Crippen LogP contribution < -0.4 is 0 Å². The van der Waals surface area contributed by atoms with E-state index in [1.807, 2.05) is 47.9 Å². The zero-order valence-electron chi connectivity index (χ0n) is 14.3. The number of carbonyl (C=O) groups is 1. The molecule has 0 aliphatic carbocycles. The highest BCUT2D eigenvalue weighted by Crippen LogP contribution is 2.30. The summed E-state index contributed by atoms with van der Waals surface area (Å²) in [6, 6.07) is 15.0. The van der Waals surface area contributed by atoms with Crippen LogP contribution in [0.5, 0.6) is 0 Å². The fraction of sp³-hybridized carbons (Fsp3) is 0.105. The highest BCUT2D eigenvalue weighted by Gasteiger charge is 2.18. The van der Waals surface area contributed by atoms with Crippen LogP contribution in [0.15, 0.2) is 58.6 Å². The summed E-state index contributed by atoms with van der Waals surface area (Å²) < 4.78 is 2.98. The third kappa shape index (κ3) is 4.91. The molecule has 138 valence electrons. The molecule has 27 heavy (non-hydrogen) atoms. The van der Waals surface area contributed by atoms with Gasteiger partial charge in [0.15, 0.2) is 11.0 Å². The van der Waals surface area contributed by atoms with E-state index >= 15 is 0 Å². The molecule has 5 nitrogen and oxygen atoms in total. The van der Waals surface area contributed by atoms with E-state index in [-0.39, 0.29) is 4.91 Å². The standard InChI is InChI=1S/C19H15ClIN3O2S/c1-2-24-17(13-5-7-14(20)8-6-13)22-23-19(24)27-16(18(25)26)11-12-3-9-15(21)10-4-12/h3-11H,2H2,1H3,(H,25,26)/b16-11-. The minimum absolute atomic E-state index is 0.181. The Labute approximate surface area is 179 Å². The van der Waals surface area contributed by atoms with Crippen molar-refractivity contribution in [3.63, 3.8) is 0 Å². The molecule has 0 saturated heterocycles. The molecule has 8 heteroatoms. The van der Waals surface area contributed by atoms with Gasteiger partial charge in [0.1, 0.15) is 4.91 Å². The van der Waals surface area contributed by atoms with Gasteiger partial charge in [-0.2, -0.15) is 0 Å². The van der Waals surface area contributed by atoms with Crippen molar-refractivity contribution in [3.8, 4) is 11.4 Å². The van der Waals surface area contributed by atoms with Gasteiger partial charge in [-0.15, -0.1) is 10.2 Å². The molecule has 0 radical (unpaired) electrons. The average molecular weight is 512 g/mol. The lowest BCUT2D eigenvalue weighted by Crippen LogP contribution is -2.02. The van der Waals surface area contributed by atoms with Crippen LogP contribution in [0.2, 0.25) is 5.02 Å². The number of hydrogen-bond donors (Lipinski definition) is 1. The molecule has 0 unspecified atom stereocenters. The lowest BCUT2D eigenvalue weighted by Gasteiger charge is -2.08. The van der Waals surface area contributed by atoms with Crippen molar-refractivity contribution in [3.05, 3.63) is 67.6 Å². The number of carboxylic acid groups (broad SMARTS) is 1. The summed E-state index contributed by atoms with van der Waals surface area (Å²) in [6.45, 7) is 2.58. The van der Waals surface area contributed by atoms with Gasteiger partial charge in [-0.1, -0.05) is 23.7 Å². The maximum absolute atomic E-state index is 11.7. The van der Waals surface area contributed by atoms with Crippen molar-refractivity contribution in [2.75, 3.05) is 0 Å². The molecule has 0 aliphatic rings. The Morgan fingerprint density at radius 1 is 1.19 bits per heavy atom. The zero-order chi connectivity index (χ0) is 19.4. The van der Waals surface area contributed by atoms with Crippen LogP contribution in [0.25, 0.3) is 17.5 Å². The lowest BCUT2D eigenvalue weighted by molar-refractivity contribution is -0.131. The van der Waals surface area contributed by atoms with Crippen LogP contribution in [0.4, 0.5) is 0 Å². The van der Waals surface area contributed by atoms with Crippen LogP contribution in [-0.4, -0.2) is 25.8 Å². The first-order valence-corrected chi connectivity index (χ1v) is 10.3. The van der Waals surface area contributed by atoms with E-state index in [2.05, 4.69) is 32.8 Å². The maximum atomic E-state index is 11.7. The number of halogens is 2. The molecule has 3 rings (SSSR count). The van der Waals surface area contributed by atoms with Gasteiger partial charge in [-0.3, -0.25) is 0 Å². The third-order valence-corrected chi connectivity index (χ3v) is 5.68. The Kier molecular flexibility index (Phi) is 6.56. The maximum Gasteiger partial charge on any atom is 0.342 e. The zero-order valence-corrected chi connectivity index (χ0v) is 18.0. The minimum atomic E-state index is -1.00. The summed E-state index contributed by atoms with van der Waals surface area (Å²) in [5, 5.41) is 19.2. The molecule has 0 spiro atoms. The molecule has 0 bridgehead atoms. The molecule has 1 N–H and O–H groups in total. The van der Waals surface area contributed by atoms with Crippen LogP contribution in [-0.2, 0) is 11.3 Å². The van der Waals surface area contributed by atoms with Gasteiger partial charge in [0.2, 0.25) is 0 Å². The van der Waals surface area contributed by atoms with Crippen molar-refractivity contribution >= 4 is 58.0 Å². The first-order valence-electron chi connectivity index (χ1n) is 8.05. The topological polar surface area (TPSA) is 68.0 Å². The second-order valence-corrected chi connectivity index (χ2v) is 8.22. The van der Waals surface area contributed by atoms with E-state index in [1.54, 1.807) is 18.2 Å². The average Bonchev–Trinajstić information content (AvgIpc) is 3.06. The Balaban J connectivity index is 1.94. The van der Waals surface area contributed by atoms with Crippen molar-refractivity contribution in [2.45, 2.75) is 18.6 Å². The number of aliphatic carboxylic acids is 1. The predicted octanol–water partition coefficient (Wildman–Crippen LogP) is 5.44. The van der Waals surface area contributed by atoms with Gasteiger partial charge in [-0.05, 0) is 89.3 Å². The van der Waals surface area contributed by atoms with Crippen molar-refractivity contribution in [1.29, 1.82) is 0 Å². The summed E-state index contributed by atoms with van der Waals surface area (Å²) in [7, 11) is 0. The summed E-state index contributed by atoms with van der Waals surface area (Å²) in [4.78, 5) is 11.9. The first kappa shape index (κ1) is 19.9. The Hall–Kier alpha value is -1.84. The van der Waals surface area contributed by atoms with Crippen molar-refractivity contribution in [1.82, 2.24) is 14.8 Å². The molecule has 0 atom stereocenters. The molecule has 0 aliphatic heterocycles. The SMILES string of the molecule is CCn1c(S/C(=C\c2ccc(I)cc2)C(=O)O)nnc1-c1ccc(Cl)cc1. The molecule has 0 fully saturated rings. The number of benzene rings is 2. The van der Waals surface area contributed by atoms with E-state index in [9.17, 15) is 9.90 Å². The summed E-state index contributed by atoms with van der Waals surface area (Å²) in [5.41, 5.74) is 1.69. The predicted molar refractivity (Wildman–Crippen MR) is 117 cm³/mol. The summed E-state index contributed by atoms with van der Waals surface area (Å²) in [5.74, 6) is -0.326. The molecule has 0 saturated carbocycles. The highest BCUT2D eigenvalue weighted by atomic mass is 127. The minimum Gasteiger partial charge on any atom is -0.477 e. The van der Waals surface area contributed by atoms with Crippen LogP contribution in [0.1, 0.15) is 12.5 Å². The second-order valence-electron chi connectivity index (χ2n) is 5.52. The van der Waals surface area contributed by atoms with E-state index < -0.39 is 5.97 Å². The van der Waals surface area contributed by atoms with E-state index in [0.29, 0.717) is 22.5 Å². The quantitative estimate of drug-likeness (QED) is 0.271. The number of hydrogen-bond acceptors (Lipinski definition) is 4. The van der Waals surface area contributed by atoms with Gasteiger partial charge in [-0.25, -0.2) is 4.79 Å². The Morgan fingerprint density at radius 2 is 1.85 bits per heavy atom. The van der Waals surface area contributed by atoms with Crippen molar-refractivity contribution in [2.24, 2.45) is 0 Å². The van der Waals surface area contributed by atoms with E-state index in [1.165, 1.54) is 0 Å². The van der Waals surface area contributed by atoms with Crippen LogP contribution in [0.3, 0.4) is 0 Å². The van der Waals surface area contributed by atoms with Crippen LogP contribution >= 0.6 is 46.0 Å². The van der Waals surface area contributed by atoms with Gasteiger partial charge >= 0.3 is 5.97 Å². The van der Waals surface area contributed by atoms with Crippen molar-refractivity contribution < 1.29 is 9.90 Å². The number of rotatable bonds is 6. The third-order valence-electron chi connectivity index (χ3n) is 3.72. The fourth-order valence-corrected chi connectivity index (χ4v) is 3.78. The molecule has 2 aromatic carbocycles. The van der Waals surface area contributed by atoms with Gasteiger partial charge in [0.05, 0.1) is 0 Å². The van der Waals surface area contributed by atoms with E-state index in [0.717, 1.165) is 26.5 Å². The molecular formula is C19H15ClIN3O2S. The molecule has 3 aromatic rings. The largest absolute Gasteiger partial charge is 0.477 e. The summed E-state index contributed by atoms with van der Waals surface area (Å²) in [6.07, 6.45) is 1.64. The van der Waals surface area contributed by atoms with Gasteiger partial charge in [0.25, 0.3) is 0 Å². The molecule has 0 amide bonds. The smallest absolute Gasteiger partial charge is 0.342 e. The fourth-order valence-electron chi connectivity index (χ4n) is 2.41. The van der Waals surface area contributed by atoms with Crippen LogP contribution in [0, 0.1) is 3.57 Å².